The highest BCUT2D eigenvalue weighted by atomic mass is 35.5. The Balaban J connectivity index is 1.62. The van der Waals surface area contributed by atoms with Crippen molar-refractivity contribution in [3.63, 3.8) is 0 Å². The molecule has 0 N–H and O–H groups in total. The van der Waals surface area contributed by atoms with Crippen molar-refractivity contribution in [3.8, 4) is 0 Å². The van der Waals surface area contributed by atoms with Crippen LogP contribution in [-0.4, -0.2) is 20.7 Å². The summed E-state index contributed by atoms with van der Waals surface area (Å²) in [6.07, 6.45) is 0. The molecular formula is C15H11Cl2NO2S2. The van der Waals surface area contributed by atoms with Crippen LogP contribution in [0.4, 0.5) is 0 Å². The summed E-state index contributed by atoms with van der Waals surface area (Å²) >= 11 is 13.4. The summed E-state index contributed by atoms with van der Waals surface area (Å²) in [5, 5.41) is 1.57. The average molecular weight is 372 g/mol. The molecule has 3 nitrogen and oxygen atoms in total. The van der Waals surface area contributed by atoms with E-state index in [2.05, 4.69) is 4.98 Å². The quantitative estimate of drug-likeness (QED) is 0.589. The maximum atomic E-state index is 12.3. The molecule has 3 aromatic rings. The molecule has 7 heteroatoms. The van der Waals surface area contributed by atoms with E-state index in [4.69, 9.17) is 27.6 Å². The van der Waals surface area contributed by atoms with E-state index in [1.807, 2.05) is 24.3 Å². The van der Waals surface area contributed by atoms with Gasteiger partial charge in [0.05, 0.1) is 20.7 Å². The van der Waals surface area contributed by atoms with Crippen LogP contribution in [-0.2, 0) is 10.8 Å². The molecule has 0 amide bonds. The van der Waals surface area contributed by atoms with Crippen molar-refractivity contribution in [2.45, 2.75) is 10.1 Å². The number of rotatable bonds is 5. The minimum absolute atomic E-state index is 0.448. The Labute approximate surface area is 144 Å². The monoisotopic (exact) mass is 371 g/mol. The molecule has 0 radical (unpaired) electrons. The molecule has 0 bridgehead atoms. The van der Waals surface area contributed by atoms with E-state index in [9.17, 15) is 4.21 Å². The van der Waals surface area contributed by atoms with Gasteiger partial charge in [-0.3, -0.25) is 4.21 Å². The maximum absolute atomic E-state index is 12.3. The molecule has 3 rings (SSSR count). The highest BCUT2D eigenvalue weighted by Crippen LogP contribution is 2.26. The Hall–Kier alpha value is -1.01. The number of para-hydroxylation sites is 2. The van der Waals surface area contributed by atoms with E-state index >= 15 is 0 Å². The van der Waals surface area contributed by atoms with Crippen molar-refractivity contribution >= 4 is 56.9 Å². The fourth-order valence-electron chi connectivity index (χ4n) is 1.88. The van der Waals surface area contributed by atoms with Crippen LogP contribution in [0.1, 0.15) is 0 Å². The third kappa shape index (κ3) is 3.66. The number of thioether (sulfide) groups is 1. The van der Waals surface area contributed by atoms with Crippen molar-refractivity contribution in [1.29, 1.82) is 0 Å². The van der Waals surface area contributed by atoms with Crippen molar-refractivity contribution in [2.75, 3.05) is 11.5 Å². The first-order chi connectivity index (χ1) is 10.6. The zero-order chi connectivity index (χ0) is 15.5. The van der Waals surface area contributed by atoms with Crippen LogP contribution < -0.4 is 0 Å². The second-order valence-electron chi connectivity index (χ2n) is 4.42. The first-order valence-electron chi connectivity index (χ1n) is 6.45. The molecule has 1 unspecified atom stereocenters. The molecule has 0 saturated carbocycles. The van der Waals surface area contributed by atoms with Crippen LogP contribution in [0, 0.1) is 0 Å². The predicted molar refractivity (Wildman–Crippen MR) is 92.5 cm³/mol. The molecule has 22 heavy (non-hydrogen) atoms. The number of fused-ring (bicyclic) bond motifs is 1. The lowest BCUT2D eigenvalue weighted by molar-refractivity contribution is 0.489. The first-order valence-corrected chi connectivity index (χ1v) is 9.51. The van der Waals surface area contributed by atoms with E-state index in [-0.39, 0.29) is 0 Å². The van der Waals surface area contributed by atoms with Gasteiger partial charge < -0.3 is 4.42 Å². The molecule has 1 heterocycles. The minimum atomic E-state index is -1.20. The molecule has 1 aromatic heterocycles. The van der Waals surface area contributed by atoms with Gasteiger partial charge in [-0.2, -0.15) is 0 Å². The zero-order valence-corrected chi connectivity index (χ0v) is 14.4. The van der Waals surface area contributed by atoms with Crippen LogP contribution in [0.3, 0.4) is 0 Å². The lowest BCUT2D eigenvalue weighted by Gasteiger charge is -2.04. The van der Waals surface area contributed by atoms with Gasteiger partial charge in [-0.15, -0.1) is 0 Å². The summed E-state index contributed by atoms with van der Waals surface area (Å²) in [4.78, 5) is 4.93. The minimum Gasteiger partial charge on any atom is -0.431 e. The number of hydrogen-bond donors (Lipinski definition) is 0. The number of benzene rings is 2. The van der Waals surface area contributed by atoms with Crippen LogP contribution in [0.2, 0.25) is 10.0 Å². The highest BCUT2D eigenvalue weighted by molar-refractivity contribution is 8.00. The van der Waals surface area contributed by atoms with Crippen molar-refractivity contribution in [3.05, 3.63) is 52.5 Å². The molecule has 0 aliphatic rings. The number of nitrogens with zero attached hydrogens (tertiary/aromatic N) is 1. The number of halogens is 2. The topological polar surface area (TPSA) is 43.1 Å². The van der Waals surface area contributed by atoms with E-state index in [1.54, 1.807) is 18.2 Å². The summed E-state index contributed by atoms with van der Waals surface area (Å²) < 4.78 is 17.9. The highest BCUT2D eigenvalue weighted by Gasteiger charge is 2.11. The second kappa shape index (κ2) is 7.04. The van der Waals surface area contributed by atoms with Gasteiger partial charge >= 0.3 is 0 Å². The van der Waals surface area contributed by atoms with Gasteiger partial charge in [-0.1, -0.05) is 47.1 Å². The van der Waals surface area contributed by atoms with Crippen LogP contribution in [0.25, 0.3) is 11.1 Å². The standard InChI is InChI=1S/C15H11Cl2NO2S2/c16-10-5-6-11(17)14(9-10)22(19)8-7-21-15-18-12-3-1-2-4-13(12)20-15/h1-6,9H,7-8H2. The van der Waals surface area contributed by atoms with Gasteiger partial charge in [0.25, 0.3) is 5.22 Å². The molecule has 114 valence electrons. The third-order valence-corrected chi connectivity index (χ3v) is 6.08. The number of hydrogen-bond acceptors (Lipinski definition) is 4. The van der Waals surface area contributed by atoms with Gasteiger partial charge in [-0.05, 0) is 30.3 Å². The Morgan fingerprint density at radius 3 is 2.82 bits per heavy atom. The van der Waals surface area contributed by atoms with E-state index in [0.29, 0.717) is 31.7 Å². The lowest BCUT2D eigenvalue weighted by Crippen LogP contribution is -2.01. The number of oxazole rings is 1. The average Bonchev–Trinajstić information content (AvgIpc) is 2.92. The zero-order valence-electron chi connectivity index (χ0n) is 11.3. The molecule has 0 aliphatic carbocycles. The van der Waals surface area contributed by atoms with Crippen molar-refractivity contribution in [2.24, 2.45) is 0 Å². The molecule has 2 aromatic carbocycles. The SMILES string of the molecule is O=S(CCSc1nc2ccccc2o1)c1cc(Cl)ccc1Cl. The Bertz CT molecular complexity index is 802. The smallest absolute Gasteiger partial charge is 0.256 e. The first kappa shape index (κ1) is 15.9. The summed E-state index contributed by atoms with van der Waals surface area (Å²) in [5.74, 6) is 1.06. The predicted octanol–water partition coefficient (Wildman–Crippen LogP) is 5.03. The molecule has 0 spiro atoms. The fourth-order valence-corrected chi connectivity index (χ4v) is 4.68. The molecule has 0 fully saturated rings. The molecule has 0 saturated heterocycles. The maximum Gasteiger partial charge on any atom is 0.256 e. The van der Waals surface area contributed by atoms with Gasteiger partial charge in [0.1, 0.15) is 5.52 Å². The largest absolute Gasteiger partial charge is 0.431 e. The summed E-state index contributed by atoms with van der Waals surface area (Å²) in [6, 6.07) is 12.6. The third-order valence-electron chi connectivity index (χ3n) is 2.91. The van der Waals surface area contributed by atoms with Gasteiger partial charge in [0.15, 0.2) is 5.58 Å². The summed E-state index contributed by atoms with van der Waals surface area (Å²) in [7, 11) is -1.20. The van der Waals surface area contributed by atoms with Crippen molar-refractivity contribution in [1.82, 2.24) is 4.98 Å². The number of aromatic nitrogens is 1. The Morgan fingerprint density at radius 1 is 1.18 bits per heavy atom. The molecular weight excluding hydrogens is 361 g/mol. The van der Waals surface area contributed by atoms with E-state index in [1.165, 1.54) is 11.8 Å². The normalized spacial score (nSPS) is 12.6. The Kier molecular flexibility index (Phi) is 5.08. The van der Waals surface area contributed by atoms with Gasteiger partial charge in [0.2, 0.25) is 0 Å². The fraction of sp³-hybridized carbons (Fsp3) is 0.133. The van der Waals surface area contributed by atoms with Gasteiger partial charge in [0, 0.05) is 16.5 Å². The van der Waals surface area contributed by atoms with Crippen molar-refractivity contribution < 1.29 is 8.63 Å². The van der Waals surface area contributed by atoms with E-state index < -0.39 is 10.8 Å². The molecule has 0 aliphatic heterocycles. The van der Waals surface area contributed by atoms with Crippen LogP contribution in [0.15, 0.2) is 57.0 Å². The summed E-state index contributed by atoms with van der Waals surface area (Å²) in [6.45, 7) is 0. The van der Waals surface area contributed by atoms with Gasteiger partial charge in [-0.25, -0.2) is 4.98 Å². The summed E-state index contributed by atoms with van der Waals surface area (Å²) in [5.41, 5.74) is 1.58. The van der Waals surface area contributed by atoms with Crippen LogP contribution in [0.5, 0.6) is 0 Å². The van der Waals surface area contributed by atoms with Crippen LogP contribution >= 0.6 is 35.0 Å². The Morgan fingerprint density at radius 2 is 2.00 bits per heavy atom. The van der Waals surface area contributed by atoms with E-state index in [0.717, 1.165) is 11.1 Å². The second-order valence-corrected chi connectivity index (χ2v) is 7.85. The molecule has 1 atom stereocenters. The lowest BCUT2D eigenvalue weighted by atomic mass is 10.3.